The first-order chi connectivity index (χ1) is 14.2. The van der Waals surface area contributed by atoms with Crippen molar-refractivity contribution < 1.29 is 0 Å². The van der Waals surface area contributed by atoms with E-state index in [0.29, 0.717) is 5.92 Å². The molecule has 0 N–H and O–H groups in total. The fraction of sp³-hybridized carbons (Fsp3) is 0.600. The molecule has 2 saturated carbocycles. The first kappa shape index (κ1) is 19.4. The monoisotopic (exact) mass is 408 g/mol. The number of nitrogens with zero attached hydrogens (tertiary/aromatic N) is 2. The lowest BCUT2D eigenvalue weighted by Crippen LogP contribution is -2.43. The van der Waals surface area contributed by atoms with Crippen LogP contribution < -0.4 is 5.56 Å². The minimum Gasteiger partial charge on any atom is -0.287 e. The third kappa shape index (κ3) is 3.37. The van der Waals surface area contributed by atoms with Crippen LogP contribution in [-0.2, 0) is 18.4 Å². The Hall–Kier alpha value is -1.55. The fourth-order valence-corrected chi connectivity index (χ4v) is 6.80. The van der Waals surface area contributed by atoms with Crippen LogP contribution in [0.4, 0.5) is 0 Å². The second kappa shape index (κ2) is 7.94. The number of rotatable bonds is 4. The zero-order valence-electron chi connectivity index (χ0n) is 17.6. The summed E-state index contributed by atoms with van der Waals surface area (Å²) in [6.07, 6.45) is 12.2. The van der Waals surface area contributed by atoms with Gasteiger partial charge in [0.25, 0.3) is 5.56 Å². The van der Waals surface area contributed by atoms with E-state index < -0.39 is 0 Å². The molecule has 2 fully saturated rings. The number of benzene rings is 1. The topological polar surface area (TPSA) is 34.9 Å². The van der Waals surface area contributed by atoms with Crippen molar-refractivity contribution >= 4 is 11.8 Å². The first-order valence-corrected chi connectivity index (χ1v) is 12.6. The van der Waals surface area contributed by atoms with Crippen molar-refractivity contribution in [2.75, 3.05) is 5.75 Å². The van der Waals surface area contributed by atoms with E-state index in [9.17, 15) is 4.79 Å². The first-order valence-electron chi connectivity index (χ1n) is 11.6. The van der Waals surface area contributed by atoms with Crippen molar-refractivity contribution in [3.63, 3.8) is 0 Å². The largest absolute Gasteiger partial charge is 0.287 e. The maximum absolute atomic E-state index is 14.1. The molecule has 0 amide bonds. The zero-order valence-corrected chi connectivity index (χ0v) is 18.4. The molecule has 3 nitrogen and oxygen atoms in total. The molecule has 0 unspecified atom stereocenters. The van der Waals surface area contributed by atoms with Crippen molar-refractivity contribution in [3.8, 4) is 11.3 Å². The van der Waals surface area contributed by atoms with E-state index in [1.54, 1.807) is 11.8 Å². The van der Waals surface area contributed by atoms with Crippen LogP contribution in [0.15, 0.2) is 34.2 Å². The number of aromatic nitrogens is 2. The third-order valence-corrected chi connectivity index (χ3v) is 8.32. The summed E-state index contributed by atoms with van der Waals surface area (Å²) in [5.74, 6) is 1.59. The summed E-state index contributed by atoms with van der Waals surface area (Å²) in [7, 11) is 0. The third-order valence-electron chi connectivity index (χ3n) is 7.47. The molecule has 0 radical (unpaired) electrons. The molecule has 3 aliphatic rings. The van der Waals surface area contributed by atoms with Crippen LogP contribution in [0, 0.1) is 5.92 Å². The summed E-state index contributed by atoms with van der Waals surface area (Å²) >= 11 is 1.73. The summed E-state index contributed by atoms with van der Waals surface area (Å²) in [5.41, 5.74) is 4.90. The standard InChI is InChI=1S/C25H32N2OS/c1-2-29-24-26-22-20-13-7-6-12-19(20)16-25(14-8-3-9-15-25)21(22)23(28)27(24)17-18-10-4-5-11-18/h6-7,12-13,18H,2-5,8-11,14-17H2,1H3. The maximum atomic E-state index is 14.1. The Kier molecular flexibility index (Phi) is 5.32. The van der Waals surface area contributed by atoms with Gasteiger partial charge in [0.15, 0.2) is 5.16 Å². The van der Waals surface area contributed by atoms with Gasteiger partial charge in [-0.25, -0.2) is 4.98 Å². The SMILES string of the molecule is CCSc1nc2c(c(=O)n1CC1CCCC1)C1(CCCCC1)Cc1ccccc1-2. The Balaban J connectivity index is 1.72. The second-order valence-corrected chi connectivity index (χ2v) is 10.5. The molecule has 1 aromatic carbocycles. The van der Waals surface area contributed by atoms with Crippen LogP contribution in [0.1, 0.15) is 75.8 Å². The highest BCUT2D eigenvalue weighted by Gasteiger charge is 2.43. The molecular formula is C25H32N2OS. The summed E-state index contributed by atoms with van der Waals surface area (Å²) in [5, 5.41) is 0.936. The molecule has 0 atom stereocenters. The highest BCUT2D eigenvalue weighted by molar-refractivity contribution is 7.99. The van der Waals surface area contributed by atoms with Gasteiger partial charge in [-0.2, -0.15) is 0 Å². The molecule has 1 aromatic heterocycles. The molecule has 1 spiro atoms. The molecule has 4 heteroatoms. The van der Waals surface area contributed by atoms with Crippen LogP contribution in [0.5, 0.6) is 0 Å². The summed E-state index contributed by atoms with van der Waals surface area (Å²) in [6.45, 7) is 3.02. The number of hydrogen-bond donors (Lipinski definition) is 0. The van der Waals surface area contributed by atoms with Crippen molar-refractivity contribution in [2.45, 2.75) is 88.2 Å². The normalized spacial score (nSPS) is 20.6. The maximum Gasteiger partial charge on any atom is 0.258 e. The summed E-state index contributed by atoms with van der Waals surface area (Å²) in [6, 6.07) is 8.67. The van der Waals surface area contributed by atoms with E-state index in [0.717, 1.165) is 48.0 Å². The van der Waals surface area contributed by atoms with E-state index in [-0.39, 0.29) is 11.0 Å². The van der Waals surface area contributed by atoms with Gasteiger partial charge in [0.1, 0.15) is 0 Å². The number of fused-ring (bicyclic) bond motifs is 4. The Morgan fingerprint density at radius 1 is 1.10 bits per heavy atom. The molecule has 2 aromatic rings. The minimum atomic E-state index is -0.00113. The fourth-order valence-electron chi connectivity index (χ4n) is 6.07. The average molecular weight is 409 g/mol. The molecular weight excluding hydrogens is 376 g/mol. The van der Waals surface area contributed by atoms with Crippen LogP contribution in [0.2, 0.25) is 0 Å². The van der Waals surface area contributed by atoms with E-state index in [1.165, 1.54) is 56.1 Å². The van der Waals surface area contributed by atoms with Gasteiger partial charge in [-0.15, -0.1) is 0 Å². The van der Waals surface area contributed by atoms with Gasteiger partial charge < -0.3 is 0 Å². The van der Waals surface area contributed by atoms with E-state index in [1.807, 2.05) is 0 Å². The van der Waals surface area contributed by atoms with E-state index >= 15 is 0 Å². The number of hydrogen-bond acceptors (Lipinski definition) is 3. The average Bonchev–Trinajstić information content (AvgIpc) is 3.25. The smallest absolute Gasteiger partial charge is 0.258 e. The Labute approximate surface area is 178 Å². The predicted molar refractivity (Wildman–Crippen MR) is 121 cm³/mol. The molecule has 3 aliphatic carbocycles. The molecule has 0 saturated heterocycles. The van der Waals surface area contributed by atoms with Crippen LogP contribution in [-0.4, -0.2) is 15.3 Å². The lowest BCUT2D eigenvalue weighted by Gasteiger charge is -2.42. The quantitative estimate of drug-likeness (QED) is 0.462. The lowest BCUT2D eigenvalue weighted by atomic mass is 9.62. The van der Waals surface area contributed by atoms with Crippen molar-refractivity contribution in [2.24, 2.45) is 5.92 Å². The van der Waals surface area contributed by atoms with Crippen LogP contribution in [0.25, 0.3) is 11.3 Å². The van der Waals surface area contributed by atoms with Gasteiger partial charge in [-0.1, -0.05) is 75.1 Å². The number of thioether (sulfide) groups is 1. The van der Waals surface area contributed by atoms with E-state index in [4.69, 9.17) is 4.98 Å². The van der Waals surface area contributed by atoms with Crippen molar-refractivity contribution in [1.82, 2.24) is 9.55 Å². The van der Waals surface area contributed by atoms with Gasteiger partial charge >= 0.3 is 0 Å². The molecule has 0 bridgehead atoms. The molecule has 29 heavy (non-hydrogen) atoms. The molecule has 0 aliphatic heterocycles. The molecule has 1 heterocycles. The second-order valence-electron chi connectivity index (χ2n) is 9.29. The molecule has 154 valence electrons. The van der Waals surface area contributed by atoms with Crippen LogP contribution in [0.3, 0.4) is 0 Å². The van der Waals surface area contributed by atoms with Gasteiger partial charge in [0, 0.05) is 17.5 Å². The Morgan fingerprint density at radius 3 is 2.62 bits per heavy atom. The van der Waals surface area contributed by atoms with Gasteiger partial charge in [-0.3, -0.25) is 9.36 Å². The zero-order chi connectivity index (χ0) is 19.8. The van der Waals surface area contributed by atoms with Crippen molar-refractivity contribution in [1.29, 1.82) is 0 Å². The summed E-state index contributed by atoms with van der Waals surface area (Å²) < 4.78 is 2.08. The van der Waals surface area contributed by atoms with E-state index in [2.05, 4.69) is 35.8 Å². The van der Waals surface area contributed by atoms with Crippen molar-refractivity contribution in [3.05, 3.63) is 45.7 Å². The highest BCUT2D eigenvalue weighted by atomic mass is 32.2. The Morgan fingerprint density at radius 2 is 1.86 bits per heavy atom. The van der Waals surface area contributed by atoms with Crippen LogP contribution >= 0.6 is 11.8 Å². The summed E-state index contributed by atoms with van der Waals surface area (Å²) in [4.78, 5) is 19.3. The Bertz CT molecular complexity index is 952. The van der Waals surface area contributed by atoms with Gasteiger partial charge in [0.05, 0.1) is 11.3 Å². The lowest BCUT2D eigenvalue weighted by molar-refractivity contribution is 0.280. The molecule has 5 rings (SSSR count). The highest BCUT2D eigenvalue weighted by Crippen LogP contribution is 2.48. The minimum absolute atomic E-state index is 0.00113. The predicted octanol–water partition coefficient (Wildman–Crippen LogP) is 5.97. The van der Waals surface area contributed by atoms with Gasteiger partial charge in [0.2, 0.25) is 0 Å². The van der Waals surface area contributed by atoms with Gasteiger partial charge in [-0.05, 0) is 49.3 Å².